The Morgan fingerprint density at radius 2 is 0.944 bits per heavy atom. The summed E-state index contributed by atoms with van der Waals surface area (Å²) in [5, 5.41) is 0. The van der Waals surface area contributed by atoms with E-state index in [9.17, 15) is 48.3 Å². The molecule has 0 aliphatic carbocycles. The Morgan fingerprint density at radius 3 is 1.17 bits per heavy atom. The zero-order chi connectivity index (χ0) is 15.2. The average Bonchev–Trinajstić information content (AvgIpc) is 1.96. The number of halogens is 11. The first kappa shape index (κ1) is 17.2. The quantitative estimate of drug-likeness (QED) is 0.712. The third kappa shape index (κ3) is 2.95. The molecule has 0 aromatic carbocycles. The van der Waals surface area contributed by atoms with Crippen LogP contribution >= 0.6 is 0 Å². The lowest BCUT2D eigenvalue weighted by molar-refractivity contribution is -0.499. The van der Waals surface area contributed by atoms with Crippen LogP contribution in [0.1, 0.15) is 6.92 Å². The Kier molecular flexibility index (Phi) is 3.91. The van der Waals surface area contributed by atoms with Crippen molar-refractivity contribution in [3.63, 3.8) is 0 Å². The zero-order valence-electron chi connectivity index (χ0n) is 8.07. The molecule has 0 aliphatic rings. The first-order valence-electron chi connectivity index (χ1n) is 3.74. The predicted octanol–water partition coefficient (Wildman–Crippen LogP) is 4.04. The summed E-state index contributed by atoms with van der Waals surface area (Å²) in [4.78, 5) is 0. The van der Waals surface area contributed by atoms with E-state index < -0.39 is 37.2 Å². The molecule has 1 nitrogen and oxygen atoms in total. The average molecular weight is 300 g/mol. The van der Waals surface area contributed by atoms with Gasteiger partial charge in [0.15, 0.2) is 0 Å². The first-order chi connectivity index (χ1) is 7.46. The second-order valence-corrected chi connectivity index (χ2v) is 3.10. The molecule has 0 saturated carbocycles. The Bertz CT molecular complexity index is 298. The van der Waals surface area contributed by atoms with E-state index in [1.54, 1.807) is 4.74 Å². The minimum absolute atomic E-state index is 0.796. The van der Waals surface area contributed by atoms with Crippen LogP contribution in [-0.2, 0) is 4.74 Å². The van der Waals surface area contributed by atoms with E-state index in [1.165, 1.54) is 0 Å². The van der Waals surface area contributed by atoms with Gasteiger partial charge < -0.3 is 0 Å². The van der Waals surface area contributed by atoms with E-state index in [1.807, 2.05) is 0 Å². The van der Waals surface area contributed by atoms with Gasteiger partial charge in [-0.25, -0.2) is 4.74 Å². The van der Waals surface area contributed by atoms with Crippen molar-refractivity contribution in [1.82, 2.24) is 0 Å². The summed E-state index contributed by atoms with van der Waals surface area (Å²) >= 11 is 0. The van der Waals surface area contributed by atoms with Gasteiger partial charge in [0.05, 0.1) is 0 Å². The number of hydrogen-bond donors (Lipinski definition) is 0. The molecule has 0 saturated heterocycles. The summed E-state index contributed by atoms with van der Waals surface area (Å²) in [6.45, 7) is -0.796. The molecule has 0 fully saturated rings. The van der Waals surface area contributed by atoms with Gasteiger partial charge >= 0.3 is 30.2 Å². The molecule has 0 aromatic heterocycles. The molecule has 0 atom stereocenters. The summed E-state index contributed by atoms with van der Waals surface area (Å²) in [6.07, 6.45) is -20.2. The molecule has 0 bridgehead atoms. The summed E-state index contributed by atoms with van der Waals surface area (Å²) < 4.78 is 133. The number of hydrogen-bond acceptors (Lipinski definition) is 1. The van der Waals surface area contributed by atoms with Gasteiger partial charge in [-0.1, -0.05) is 0 Å². The molecule has 110 valence electrons. The van der Waals surface area contributed by atoms with Crippen molar-refractivity contribution in [2.24, 2.45) is 0 Å². The highest BCUT2D eigenvalue weighted by Gasteiger charge is 2.76. The van der Waals surface area contributed by atoms with Crippen LogP contribution in [0.3, 0.4) is 0 Å². The van der Waals surface area contributed by atoms with Gasteiger partial charge in [0.25, 0.3) is 0 Å². The molecular formula is C6H3F11O. The van der Waals surface area contributed by atoms with Crippen LogP contribution < -0.4 is 0 Å². The topological polar surface area (TPSA) is 9.23 Å². The normalized spacial score (nSPS) is 16.0. The van der Waals surface area contributed by atoms with Crippen LogP contribution in [0.25, 0.3) is 0 Å². The highest BCUT2D eigenvalue weighted by atomic mass is 19.4. The monoisotopic (exact) mass is 300 g/mol. The minimum atomic E-state index is -6.77. The molecule has 0 unspecified atom stereocenters. The largest absolute Gasteiger partial charge is 0.483 e. The predicted molar refractivity (Wildman–Crippen MR) is 32.6 cm³/mol. The Hall–Kier alpha value is -0.810. The SMILES string of the molecule is CC(F)(F)C(F)(F)C(F)(F)OC(F)(F)C(F)(F)F. The molecule has 0 amide bonds. The molecule has 0 N–H and O–H groups in total. The van der Waals surface area contributed by atoms with Crippen LogP contribution in [0.15, 0.2) is 0 Å². The highest BCUT2D eigenvalue weighted by Crippen LogP contribution is 2.50. The van der Waals surface area contributed by atoms with Gasteiger partial charge in [-0.05, 0) is 0 Å². The number of ether oxygens (including phenoxy) is 1. The molecule has 0 radical (unpaired) electrons. The fraction of sp³-hybridized carbons (Fsp3) is 1.00. The molecule has 0 spiro atoms. The van der Waals surface area contributed by atoms with Crippen molar-refractivity contribution in [3.05, 3.63) is 0 Å². The highest BCUT2D eigenvalue weighted by molar-refractivity contribution is 4.89. The molecule has 0 aliphatic heterocycles. The maximum absolute atomic E-state index is 12.3. The Morgan fingerprint density at radius 1 is 0.611 bits per heavy atom. The van der Waals surface area contributed by atoms with Gasteiger partial charge in [-0.2, -0.15) is 48.3 Å². The van der Waals surface area contributed by atoms with Gasteiger partial charge in [-0.15, -0.1) is 0 Å². The Balaban J connectivity index is 5.33. The van der Waals surface area contributed by atoms with E-state index in [0.717, 1.165) is 0 Å². The van der Waals surface area contributed by atoms with E-state index in [4.69, 9.17) is 0 Å². The maximum Gasteiger partial charge on any atom is 0.483 e. The van der Waals surface area contributed by atoms with Crippen molar-refractivity contribution in [2.45, 2.75) is 37.2 Å². The number of rotatable bonds is 4. The maximum atomic E-state index is 12.3. The summed E-state index contributed by atoms with van der Waals surface area (Å²) in [7, 11) is 0. The van der Waals surface area contributed by atoms with Gasteiger partial charge in [-0.3, -0.25) is 0 Å². The van der Waals surface area contributed by atoms with Crippen molar-refractivity contribution in [1.29, 1.82) is 0 Å². The summed E-state index contributed by atoms with van der Waals surface area (Å²) in [5.41, 5.74) is 0. The van der Waals surface area contributed by atoms with E-state index >= 15 is 0 Å². The third-order valence-electron chi connectivity index (χ3n) is 1.50. The molecular weight excluding hydrogens is 297 g/mol. The van der Waals surface area contributed by atoms with Crippen LogP contribution in [0.2, 0.25) is 0 Å². The fourth-order valence-corrected chi connectivity index (χ4v) is 0.538. The van der Waals surface area contributed by atoms with Crippen LogP contribution in [0.4, 0.5) is 48.3 Å². The number of alkyl halides is 11. The fourth-order valence-electron chi connectivity index (χ4n) is 0.538. The third-order valence-corrected chi connectivity index (χ3v) is 1.50. The lowest BCUT2D eigenvalue weighted by Crippen LogP contribution is -2.58. The van der Waals surface area contributed by atoms with Crippen LogP contribution in [0.5, 0.6) is 0 Å². The zero-order valence-corrected chi connectivity index (χ0v) is 8.07. The van der Waals surface area contributed by atoms with E-state index in [0.29, 0.717) is 0 Å². The molecule has 12 heteroatoms. The lowest BCUT2D eigenvalue weighted by atomic mass is 10.2. The molecule has 0 aromatic rings. The van der Waals surface area contributed by atoms with Crippen molar-refractivity contribution in [2.75, 3.05) is 0 Å². The van der Waals surface area contributed by atoms with E-state index in [2.05, 4.69) is 0 Å². The molecule has 0 rings (SSSR count). The van der Waals surface area contributed by atoms with Gasteiger partial charge in [0, 0.05) is 6.92 Å². The standard InChI is InChI=1S/C6H3F11O/c1-2(7,8)3(9,10)5(14,15)18-6(16,17)4(11,12)13/h1H3. The Labute approximate surface area is 91.5 Å². The van der Waals surface area contributed by atoms with Crippen molar-refractivity contribution in [3.8, 4) is 0 Å². The van der Waals surface area contributed by atoms with Gasteiger partial charge in [0.2, 0.25) is 0 Å². The van der Waals surface area contributed by atoms with E-state index in [-0.39, 0.29) is 0 Å². The first-order valence-corrected chi connectivity index (χ1v) is 3.74. The van der Waals surface area contributed by atoms with Crippen molar-refractivity contribution < 1.29 is 53.0 Å². The molecule has 0 heterocycles. The second-order valence-electron chi connectivity index (χ2n) is 3.10. The van der Waals surface area contributed by atoms with Crippen LogP contribution in [-0.4, -0.2) is 30.2 Å². The lowest BCUT2D eigenvalue weighted by Gasteiger charge is -2.32. The minimum Gasteiger partial charge on any atom is -0.243 e. The summed E-state index contributed by atoms with van der Waals surface area (Å²) in [5.74, 6) is -12.1. The van der Waals surface area contributed by atoms with Gasteiger partial charge in [0.1, 0.15) is 0 Å². The summed E-state index contributed by atoms with van der Waals surface area (Å²) in [6, 6.07) is 0. The van der Waals surface area contributed by atoms with Crippen molar-refractivity contribution >= 4 is 0 Å². The smallest absolute Gasteiger partial charge is 0.243 e. The second kappa shape index (κ2) is 4.10. The van der Waals surface area contributed by atoms with Crippen LogP contribution in [0, 0.1) is 0 Å². The molecule has 18 heavy (non-hydrogen) atoms.